The molecule has 2 aromatic carbocycles. The van der Waals surface area contributed by atoms with Crippen LogP contribution in [0.1, 0.15) is 20.7 Å². The van der Waals surface area contributed by atoms with Crippen LogP contribution in [-0.2, 0) is 10.2 Å². The molecule has 138 valence electrons. The molecule has 8 nitrogen and oxygen atoms in total. The Morgan fingerprint density at radius 1 is 0.885 bits per heavy atom. The SMILES string of the molecule is CN(C)S(=O)(=O)N(C)c1ccc(C(=O)Nc2ccc(C(=O)O)cc2)cc1. The lowest BCUT2D eigenvalue weighted by Crippen LogP contribution is -2.37. The molecule has 0 atom stereocenters. The van der Waals surface area contributed by atoms with Crippen LogP contribution in [0.25, 0.3) is 0 Å². The van der Waals surface area contributed by atoms with Crippen molar-refractivity contribution in [2.24, 2.45) is 0 Å². The van der Waals surface area contributed by atoms with Crippen LogP contribution < -0.4 is 9.62 Å². The lowest BCUT2D eigenvalue weighted by Gasteiger charge is -2.23. The second kappa shape index (κ2) is 7.54. The molecule has 0 fully saturated rings. The number of rotatable bonds is 6. The van der Waals surface area contributed by atoms with E-state index < -0.39 is 22.1 Å². The zero-order valence-corrected chi connectivity index (χ0v) is 15.3. The summed E-state index contributed by atoms with van der Waals surface area (Å²) in [6.07, 6.45) is 0. The van der Waals surface area contributed by atoms with E-state index in [9.17, 15) is 18.0 Å². The molecule has 1 amide bonds. The average molecular weight is 377 g/mol. The third-order valence-corrected chi connectivity index (χ3v) is 5.52. The number of nitrogens with one attached hydrogen (secondary N) is 1. The summed E-state index contributed by atoms with van der Waals surface area (Å²) in [5.41, 5.74) is 1.33. The van der Waals surface area contributed by atoms with Gasteiger partial charge in [-0.2, -0.15) is 12.7 Å². The predicted octanol–water partition coefficient (Wildman–Crippen LogP) is 1.88. The molecule has 26 heavy (non-hydrogen) atoms. The van der Waals surface area contributed by atoms with E-state index in [1.807, 2.05) is 0 Å². The molecule has 0 aliphatic rings. The smallest absolute Gasteiger partial charge is 0.335 e. The molecule has 9 heteroatoms. The number of hydrogen-bond acceptors (Lipinski definition) is 4. The van der Waals surface area contributed by atoms with Gasteiger partial charge in [-0.25, -0.2) is 4.79 Å². The van der Waals surface area contributed by atoms with Gasteiger partial charge in [0.1, 0.15) is 0 Å². The van der Waals surface area contributed by atoms with Gasteiger partial charge >= 0.3 is 16.2 Å². The van der Waals surface area contributed by atoms with Crippen molar-refractivity contribution in [3.05, 3.63) is 59.7 Å². The number of carbonyl (C=O) groups is 2. The summed E-state index contributed by atoms with van der Waals surface area (Å²) in [6.45, 7) is 0. The van der Waals surface area contributed by atoms with Crippen LogP contribution in [0, 0.1) is 0 Å². The van der Waals surface area contributed by atoms with Crippen LogP contribution in [0.3, 0.4) is 0 Å². The fraction of sp³-hybridized carbons (Fsp3) is 0.176. The van der Waals surface area contributed by atoms with E-state index in [2.05, 4.69) is 5.32 Å². The Balaban J connectivity index is 2.12. The molecule has 0 spiro atoms. The van der Waals surface area contributed by atoms with Crippen molar-refractivity contribution in [2.45, 2.75) is 0 Å². The maximum Gasteiger partial charge on any atom is 0.335 e. The largest absolute Gasteiger partial charge is 0.478 e. The molecular formula is C17H19N3O5S. The molecule has 2 rings (SSSR count). The van der Waals surface area contributed by atoms with Gasteiger partial charge in [-0.1, -0.05) is 0 Å². The first-order chi connectivity index (χ1) is 12.1. The minimum atomic E-state index is -3.60. The van der Waals surface area contributed by atoms with Crippen molar-refractivity contribution in [3.63, 3.8) is 0 Å². The first-order valence-corrected chi connectivity index (χ1v) is 8.94. The molecule has 0 heterocycles. The maximum atomic E-state index is 12.3. The molecule has 2 N–H and O–H groups in total. The van der Waals surface area contributed by atoms with E-state index in [4.69, 9.17) is 5.11 Å². The second-order valence-corrected chi connectivity index (χ2v) is 7.81. The molecule has 0 unspecified atom stereocenters. The lowest BCUT2D eigenvalue weighted by molar-refractivity contribution is 0.0696. The highest BCUT2D eigenvalue weighted by molar-refractivity contribution is 7.90. The summed E-state index contributed by atoms with van der Waals surface area (Å²) < 4.78 is 26.4. The zero-order valence-electron chi connectivity index (χ0n) is 14.5. The van der Waals surface area contributed by atoms with Gasteiger partial charge < -0.3 is 10.4 Å². The van der Waals surface area contributed by atoms with Gasteiger partial charge in [0.15, 0.2) is 0 Å². The average Bonchev–Trinajstić information content (AvgIpc) is 2.61. The van der Waals surface area contributed by atoms with Crippen LogP contribution in [0.4, 0.5) is 11.4 Å². The van der Waals surface area contributed by atoms with E-state index in [0.29, 0.717) is 16.9 Å². The molecule has 0 aliphatic carbocycles. The molecule has 0 aromatic heterocycles. The first-order valence-electron chi connectivity index (χ1n) is 7.54. The van der Waals surface area contributed by atoms with Crippen molar-refractivity contribution < 1.29 is 23.1 Å². The molecule has 0 bridgehead atoms. The summed E-state index contributed by atoms with van der Waals surface area (Å²) in [6, 6.07) is 11.9. The highest BCUT2D eigenvalue weighted by atomic mass is 32.2. The molecule has 0 saturated heterocycles. The van der Waals surface area contributed by atoms with Crippen LogP contribution in [-0.4, -0.2) is 50.8 Å². The third-order valence-electron chi connectivity index (χ3n) is 3.69. The molecule has 2 aromatic rings. The summed E-state index contributed by atoms with van der Waals surface area (Å²) in [5.74, 6) is -1.44. The van der Waals surface area contributed by atoms with Gasteiger partial charge in [-0.15, -0.1) is 0 Å². The fourth-order valence-corrected chi connectivity index (χ4v) is 2.98. The lowest BCUT2D eigenvalue weighted by atomic mass is 10.1. The number of nitrogens with zero attached hydrogens (tertiary/aromatic N) is 2. The fourth-order valence-electron chi connectivity index (χ4n) is 2.10. The predicted molar refractivity (Wildman–Crippen MR) is 98.8 cm³/mol. The van der Waals surface area contributed by atoms with E-state index in [-0.39, 0.29) is 5.56 Å². The van der Waals surface area contributed by atoms with Gasteiger partial charge in [0.05, 0.1) is 11.3 Å². The van der Waals surface area contributed by atoms with E-state index in [1.165, 1.54) is 69.7 Å². The van der Waals surface area contributed by atoms with Gasteiger partial charge in [-0.05, 0) is 48.5 Å². The highest BCUT2D eigenvalue weighted by Crippen LogP contribution is 2.19. The topological polar surface area (TPSA) is 107 Å². The van der Waals surface area contributed by atoms with Crippen LogP contribution in [0.5, 0.6) is 0 Å². The second-order valence-electron chi connectivity index (χ2n) is 5.64. The normalized spacial score (nSPS) is 11.2. The van der Waals surface area contributed by atoms with Crippen molar-refractivity contribution in [1.82, 2.24) is 4.31 Å². The van der Waals surface area contributed by atoms with Gasteiger partial charge in [0.2, 0.25) is 0 Å². The van der Waals surface area contributed by atoms with Crippen molar-refractivity contribution in [2.75, 3.05) is 30.8 Å². The number of amides is 1. The molecule has 0 saturated carbocycles. The monoisotopic (exact) mass is 377 g/mol. The Hall–Kier alpha value is -2.91. The molecule has 0 aliphatic heterocycles. The Morgan fingerprint density at radius 2 is 1.38 bits per heavy atom. The van der Waals surface area contributed by atoms with E-state index >= 15 is 0 Å². The Bertz CT molecular complexity index is 906. The van der Waals surface area contributed by atoms with Crippen LogP contribution >= 0.6 is 0 Å². The summed E-state index contributed by atoms with van der Waals surface area (Å²) in [5, 5.41) is 11.5. The summed E-state index contributed by atoms with van der Waals surface area (Å²) in [7, 11) is 0.688. The Kier molecular flexibility index (Phi) is 5.63. The number of aromatic carboxylic acids is 1. The first kappa shape index (κ1) is 19.4. The van der Waals surface area contributed by atoms with Crippen molar-refractivity contribution in [1.29, 1.82) is 0 Å². The third kappa shape index (κ3) is 4.19. The quantitative estimate of drug-likeness (QED) is 0.799. The number of carboxylic acid groups (broad SMARTS) is 1. The van der Waals surface area contributed by atoms with Crippen LogP contribution in [0.15, 0.2) is 48.5 Å². The van der Waals surface area contributed by atoms with Crippen LogP contribution in [0.2, 0.25) is 0 Å². The van der Waals surface area contributed by atoms with E-state index in [0.717, 1.165) is 8.61 Å². The number of carboxylic acids is 1. The maximum absolute atomic E-state index is 12.3. The number of benzene rings is 2. The Labute approximate surface area is 151 Å². The number of carbonyl (C=O) groups excluding carboxylic acids is 1. The highest BCUT2D eigenvalue weighted by Gasteiger charge is 2.21. The zero-order chi connectivity index (χ0) is 19.5. The minimum Gasteiger partial charge on any atom is -0.478 e. The standard InChI is InChI=1S/C17H19N3O5S/c1-19(2)26(24,25)20(3)15-10-6-12(7-11-15)16(21)18-14-8-4-13(5-9-14)17(22)23/h4-11H,1-3H3,(H,18,21)(H,22,23). The summed E-state index contributed by atoms with van der Waals surface area (Å²) >= 11 is 0. The van der Waals surface area contributed by atoms with Gasteiger partial charge in [0, 0.05) is 32.4 Å². The van der Waals surface area contributed by atoms with Gasteiger partial charge in [-0.3, -0.25) is 9.10 Å². The van der Waals surface area contributed by atoms with E-state index in [1.54, 1.807) is 0 Å². The number of hydrogen-bond donors (Lipinski definition) is 2. The molecular weight excluding hydrogens is 358 g/mol. The van der Waals surface area contributed by atoms with Crippen molar-refractivity contribution >= 4 is 33.5 Å². The summed E-state index contributed by atoms with van der Waals surface area (Å²) in [4.78, 5) is 23.1. The minimum absolute atomic E-state index is 0.123. The van der Waals surface area contributed by atoms with Gasteiger partial charge in [0.25, 0.3) is 5.91 Å². The number of anilines is 2. The molecule has 0 radical (unpaired) electrons. The Morgan fingerprint density at radius 3 is 1.85 bits per heavy atom. The van der Waals surface area contributed by atoms with Crippen molar-refractivity contribution in [3.8, 4) is 0 Å².